The van der Waals surface area contributed by atoms with Gasteiger partial charge in [0.05, 0.1) is 22.7 Å². The van der Waals surface area contributed by atoms with E-state index in [0.29, 0.717) is 0 Å². The van der Waals surface area contributed by atoms with Crippen LogP contribution in [0.1, 0.15) is 0 Å². The van der Waals surface area contributed by atoms with Gasteiger partial charge in [-0.05, 0) is 24.3 Å². The second-order valence-corrected chi connectivity index (χ2v) is 5.50. The quantitative estimate of drug-likeness (QED) is 0.437. The fourth-order valence-corrected chi connectivity index (χ4v) is 2.99. The van der Waals surface area contributed by atoms with E-state index < -0.39 is 0 Å². The Hall–Kier alpha value is -3.27. The van der Waals surface area contributed by atoms with Crippen molar-refractivity contribution in [2.24, 2.45) is 0 Å². The summed E-state index contributed by atoms with van der Waals surface area (Å²) >= 11 is 0. The van der Waals surface area contributed by atoms with Crippen molar-refractivity contribution in [1.29, 1.82) is 0 Å². The van der Waals surface area contributed by atoms with Gasteiger partial charge in [-0.1, -0.05) is 36.4 Å². The van der Waals surface area contributed by atoms with Crippen LogP contribution in [-0.2, 0) is 0 Å². The summed E-state index contributed by atoms with van der Waals surface area (Å²) in [5, 5.41) is 7.76. The summed E-state index contributed by atoms with van der Waals surface area (Å²) in [6.45, 7) is 0. The third-order valence-electron chi connectivity index (χ3n) is 4.11. The number of hydrogen-bond donors (Lipinski definition) is 0. The van der Waals surface area contributed by atoms with Crippen molar-refractivity contribution in [3.63, 3.8) is 0 Å². The maximum atomic E-state index is 4.83. The second-order valence-electron chi connectivity index (χ2n) is 5.50. The Balaban J connectivity index is 1.84. The molecule has 0 N–H and O–H groups in total. The standard InChI is InChI=1S/C19H12N4/c1-2-6-16-15(4-1)12-21-23(16)17-10-9-14-8-7-13-5-3-11-20-18(13)19(14)22-17/h1-12H. The third kappa shape index (κ3) is 1.82. The zero-order chi connectivity index (χ0) is 15.2. The van der Waals surface area contributed by atoms with Crippen LogP contribution >= 0.6 is 0 Å². The molecule has 0 fully saturated rings. The van der Waals surface area contributed by atoms with Gasteiger partial charge in [-0.15, -0.1) is 0 Å². The normalized spacial score (nSPS) is 11.5. The van der Waals surface area contributed by atoms with E-state index in [4.69, 9.17) is 4.98 Å². The number of aromatic nitrogens is 4. The summed E-state index contributed by atoms with van der Waals surface area (Å²) in [7, 11) is 0. The van der Waals surface area contributed by atoms with Crippen molar-refractivity contribution in [2.45, 2.75) is 0 Å². The van der Waals surface area contributed by atoms with Gasteiger partial charge in [-0.2, -0.15) is 5.10 Å². The average Bonchev–Trinajstić information content (AvgIpc) is 3.05. The largest absolute Gasteiger partial charge is 0.254 e. The predicted octanol–water partition coefficient (Wildman–Crippen LogP) is 4.12. The highest BCUT2D eigenvalue weighted by Gasteiger charge is 2.08. The lowest BCUT2D eigenvalue weighted by Crippen LogP contribution is -1.99. The molecule has 0 aliphatic heterocycles. The molecule has 5 aromatic rings. The number of para-hydroxylation sites is 1. The van der Waals surface area contributed by atoms with Gasteiger partial charge in [0.1, 0.15) is 0 Å². The van der Waals surface area contributed by atoms with Crippen LogP contribution < -0.4 is 0 Å². The molecule has 0 saturated heterocycles. The number of nitrogens with zero attached hydrogens (tertiary/aromatic N) is 4. The Kier molecular flexibility index (Phi) is 2.46. The van der Waals surface area contributed by atoms with Crippen LogP contribution in [0, 0.1) is 0 Å². The zero-order valence-electron chi connectivity index (χ0n) is 12.2. The Morgan fingerprint density at radius 3 is 2.43 bits per heavy atom. The van der Waals surface area contributed by atoms with E-state index in [1.54, 1.807) is 6.20 Å². The van der Waals surface area contributed by atoms with Crippen LogP contribution in [-0.4, -0.2) is 19.7 Å². The minimum atomic E-state index is 0.803. The summed E-state index contributed by atoms with van der Waals surface area (Å²) in [5.74, 6) is 0.803. The fraction of sp³-hybridized carbons (Fsp3) is 0. The lowest BCUT2D eigenvalue weighted by Gasteiger charge is -2.06. The topological polar surface area (TPSA) is 43.6 Å². The maximum absolute atomic E-state index is 4.83. The number of rotatable bonds is 1. The summed E-state index contributed by atoms with van der Waals surface area (Å²) in [5.41, 5.74) is 2.87. The van der Waals surface area contributed by atoms with E-state index >= 15 is 0 Å². The highest BCUT2D eigenvalue weighted by Crippen LogP contribution is 2.24. The van der Waals surface area contributed by atoms with E-state index in [1.165, 1.54) is 0 Å². The Bertz CT molecular complexity index is 1170. The first-order valence-corrected chi connectivity index (χ1v) is 7.48. The van der Waals surface area contributed by atoms with Gasteiger partial charge in [0.15, 0.2) is 5.82 Å². The molecule has 23 heavy (non-hydrogen) atoms. The molecule has 4 nitrogen and oxygen atoms in total. The molecule has 0 aliphatic carbocycles. The molecule has 108 valence electrons. The van der Waals surface area contributed by atoms with Gasteiger partial charge >= 0.3 is 0 Å². The fourth-order valence-electron chi connectivity index (χ4n) is 2.99. The summed E-state index contributed by atoms with van der Waals surface area (Å²) in [6, 6.07) is 20.4. The van der Waals surface area contributed by atoms with E-state index in [-0.39, 0.29) is 0 Å². The molecule has 5 rings (SSSR count). The summed E-state index contributed by atoms with van der Waals surface area (Å²) < 4.78 is 1.87. The SMILES string of the molecule is c1cnc2c(c1)ccc1ccc(-n3ncc4ccccc43)nc12. The molecule has 0 saturated carbocycles. The molecule has 0 spiro atoms. The highest BCUT2D eigenvalue weighted by molar-refractivity contribution is 6.02. The molecule has 3 heterocycles. The number of fused-ring (bicyclic) bond motifs is 4. The molecule has 0 bridgehead atoms. The molecular formula is C19H12N4. The summed E-state index contributed by atoms with van der Waals surface area (Å²) in [6.07, 6.45) is 3.67. The number of pyridine rings is 2. The third-order valence-corrected chi connectivity index (χ3v) is 4.11. The first kappa shape index (κ1) is 12.3. The number of benzene rings is 2. The zero-order valence-corrected chi connectivity index (χ0v) is 12.2. The van der Waals surface area contributed by atoms with Gasteiger partial charge in [0.2, 0.25) is 0 Å². The minimum Gasteiger partial charge on any atom is -0.254 e. The van der Waals surface area contributed by atoms with Gasteiger partial charge < -0.3 is 0 Å². The molecule has 2 aromatic carbocycles. The van der Waals surface area contributed by atoms with Crippen molar-refractivity contribution in [1.82, 2.24) is 19.7 Å². The monoisotopic (exact) mass is 296 g/mol. The predicted molar refractivity (Wildman–Crippen MR) is 91.7 cm³/mol. The Labute approximate surface area is 132 Å². The van der Waals surface area contributed by atoms with Gasteiger partial charge in [0.25, 0.3) is 0 Å². The number of hydrogen-bond acceptors (Lipinski definition) is 3. The minimum absolute atomic E-state index is 0.803. The van der Waals surface area contributed by atoms with Crippen LogP contribution in [0.2, 0.25) is 0 Å². The van der Waals surface area contributed by atoms with Crippen molar-refractivity contribution < 1.29 is 0 Å². The maximum Gasteiger partial charge on any atom is 0.154 e. The van der Waals surface area contributed by atoms with Crippen LogP contribution in [0.15, 0.2) is 73.1 Å². The first-order valence-electron chi connectivity index (χ1n) is 7.48. The van der Waals surface area contributed by atoms with Crippen molar-refractivity contribution in [3.8, 4) is 5.82 Å². The molecule has 0 aliphatic rings. The van der Waals surface area contributed by atoms with Crippen molar-refractivity contribution in [2.75, 3.05) is 0 Å². The lowest BCUT2D eigenvalue weighted by atomic mass is 10.1. The molecule has 0 radical (unpaired) electrons. The first-order chi connectivity index (χ1) is 11.4. The van der Waals surface area contributed by atoms with E-state index in [2.05, 4.69) is 46.5 Å². The van der Waals surface area contributed by atoms with Crippen molar-refractivity contribution in [3.05, 3.63) is 73.1 Å². The van der Waals surface area contributed by atoms with Gasteiger partial charge in [-0.25, -0.2) is 9.67 Å². The van der Waals surface area contributed by atoms with Crippen LogP contribution in [0.3, 0.4) is 0 Å². The molecule has 0 atom stereocenters. The molecular weight excluding hydrogens is 284 g/mol. The van der Waals surface area contributed by atoms with Crippen molar-refractivity contribution >= 4 is 32.7 Å². The van der Waals surface area contributed by atoms with E-state index in [9.17, 15) is 0 Å². The highest BCUT2D eigenvalue weighted by atomic mass is 15.3. The smallest absolute Gasteiger partial charge is 0.154 e. The lowest BCUT2D eigenvalue weighted by molar-refractivity contribution is 0.881. The van der Waals surface area contributed by atoms with E-state index in [1.807, 2.05) is 35.1 Å². The van der Waals surface area contributed by atoms with Crippen LogP contribution in [0.4, 0.5) is 0 Å². The summed E-state index contributed by atoms with van der Waals surface area (Å²) in [4.78, 5) is 9.34. The van der Waals surface area contributed by atoms with Crippen LogP contribution in [0.5, 0.6) is 0 Å². The average molecular weight is 296 g/mol. The Morgan fingerprint density at radius 1 is 0.696 bits per heavy atom. The molecule has 3 aromatic heterocycles. The van der Waals surface area contributed by atoms with Gasteiger partial charge in [0, 0.05) is 22.4 Å². The van der Waals surface area contributed by atoms with Gasteiger partial charge in [-0.3, -0.25) is 4.98 Å². The molecule has 4 heteroatoms. The molecule has 0 unspecified atom stereocenters. The van der Waals surface area contributed by atoms with E-state index in [0.717, 1.165) is 38.5 Å². The Morgan fingerprint density at radius 2 is 1.48 bits per heavy atom. The van der Waals surface area contributed by atoms with Crippen LogP contribution in [0.25, 0.3) is 38.5 Å². The second kappa shape index (κ2) is 4.61. The molecule has 0 amide bonds.